The zero-order valence-electron chi connectivity index (χ0n) is 12.1. The highest BCUT2D eigenvalue weighted by Gasteiger charge is 2.02. The fraction of sp³-hybridized carbons (Fsp3) is 0.625. The summed E-state index contributed by atoms with van der Waals surface area (Å²) in [5.74, 6) is 1.07. The molecule has 0 unspecified atom stereocenters. The summed E-state index contributed by atoms with van der Waals surface area (Å²) in [6, 6.07) is 8.44. The summed E-state index contributed by atoms with van der Waals surface area (Å²) >= 11 is 0. The van der Waals surface area contributed by atoms with Gasteiger partial charge in [-0.1, -0.05) is 44.4 Å². The molecule has 0 aromatic heterocycles. The normalized spacial score (nSPS) is 10.9. The van der Waals surface area contributed by atoms with E-state index in [0.717, 1.165) is 25.3 Å². The monoisotopic (exact) mass is 249 g/mol. The van der Waals surface area contributed by atoms with E-state index in [2.05, 4.69) is 50.2 Å². The third-order valence-electron chi connectivity index (χ3n) is 3.07. The molecule has 0 bridgehead atoms. The third-order valence-corrected chi connectivity index (χ3v) is 3.07. The van der Waals surface area contributed by atoms with Crippen LogP contribution >= 0.6 is 0 Å². The van der Waals surface area contributed by atoms with Crippen molar-refractivity contribution >= 4 is 0 Å². The van der Waals surface area contributed by atoms with E-state index in [1.165, 1.54) is 31.2 Å². The van der Waals surface area contributed by atoms with Crippen LogP contribution in [0.3, 0.4) is 0 Å². The van der Waals surface area contributed by atoms with Gasteiger partial charge in [-0.15, -0.1) is 0 Å². The summed E-state index contributed by atoms with van der Waals surface area (Å²) in [7, 11) is 4.14. The number of hydrogen-bond donors (Lipinski definition) is 0. The van der Waals surface area contributed by atoms with Gasteiger partial charge in [0.05, 0.1) is 0 Å². The molecule has 0 atom stereocenters. The molecule has 1 aromatic carbocycles. The molecule has 102 valence electrons. The molecule has 0 fully saturated rings. The molecule has 0 N–H and O–H groups in total. The molecule has 18 heavy (non-hydrogen) atoms. The van der Waals surface area contributed by atoms with Gasteiger partial charge in [0.1, 0.15) is 12.4 Å². The number of unbranched alkanes of at least 4 members (excludes halogenated alkanes) is 3. The summed E-state index contributed by atoms with van der Waals surface area (Å²) in [5.41, 5.74) is 1.35. The van der Waals surface area contributed by atoms with Gasteiger partial charge in [0.2, 0.25) is 0 Å². The highest BCUT2D eigenvalue weighted by molar-refractivity contribution is 5.33. The lowest BCUT2D eigenvalue weighted by Gasteiger charge is -2.14. The average molecular weight is 249 g/mol. The second-order valence-electron chi connectivity index (χ2n) is 5.07. The molecule has 0 aliphatic carbocycles. The Kier molecular flexibility index (Phi) is 7.51. The summed E-state index contributed by atoms with van der Waals surface area (Å²) in [6.45, 7) is 3.97. The maximum Gasteiger partial charge on any atom is 0.122 e. The standard InChI is InChI=1S/C16H27NO/c1-4-5-6-7-10-15-11-8-9-12-16(15)18-14-13-17(2)3/h8-9,11-12H,4-7,10,13-14H2,1-3H3. The number of hydrogen-bond acceptors (Lipinski definition) is 2. The molecular weight excluding hydrogens is 222 g/mol. The number of ether oxygens (including phenoxy) is 1. The topological polar surface area (TPSA) is 12.5 Å². The lowest BCUT2D eigenvalue weighted by molar-refractivity contribution is 0.259. The van der Waals surface area contributed by atoms with Crippen molar-refractivity contribution in [2.45, 2.75) is 39.0 Å². The van der Waals surface area contributed by atoms with Crippen molar-refractivity contribution in [2.75, 3.05) is 27.2 Å². The highest BCUT2D eigenvalue weighted by atomic mass is 16.5. The largest absolute Gasteiger partial charge is 0.492 e. The maximum absolute atomic E-state index is 5.86. The molecule has 1 aromatic rings. The Bertz CT molecular complexity index is 323. The van der Waals surface area contributed by atoms with Crippen molar-refractivity contribution in [1.29, 1.82) is 0 Å². The van der Waals surface area contributed by atoms with Crippen LogP contribution < -0.4 is 4.74 Å². The van der Waals surface area contributed by atoms with Crippen LogP contribution in [0.25, 0.3) is 0 Å². The predicted octanol–water partition coefficient (Wildman–Crippen LogP) is 3.75. The van der Waals surface area contributed by atoms with Crippen LogP contribution in [0.2, 0.25) is 0 Å². The second kappa shape index (κ2) is 8.98. The number of likely N-dealkylation sites (N-methyl/N-ethyl adjacent to an activating group) is 1. The highest BCUT2D eigenvalue weighted by Crippen LogP contribution is 2.20. The van der Waals surface area contributed by atoms with E-state index in [1.54, 1.807) is 0 Å². The minimum atomic E-state index is 0.763. The molecule has 2 nitrogen and oxygen atoms in total. The molecule has 0 saturated heterocycles. The Hall–Kier alpha value is -1.02. The first-order chi connectivity index (χ1) is 8.74. The van der Waals surface area contributed by atoms with E-state index in [0.29, 0.717) is 0 Å². The number of rotatable bonds is 9. The van der Waals surface area contributed by atoms with E-state index in [4.69, 9.17) is 4.74 Å². The molecule has 0 amide bonds. The predicted molar refractivity (Wildman–Crippen MR) is 78.3 cm³/mol. The van der Waals surface area contributed by atoms with Gasteiger partial charge in [-0.2, -0.15) is 0 Å². The van der Waals surface area contributed by atoms with Gasteiger partial charge in [-0.25, -0.2) is 0 Å². The fourth-order valence-electron chi connectivity index (χ4n) is 1.93. The molecule has 0 radical (unpaired) electrons. The molecule has 1 rings (SSSR count). The van der Waals surface area contributed by atoms with Crippen molar-refractivity contribution in [1.82, 2.24) is 4.90 Å². The first-order valence-corrected chi connectivity index (χ1v) is 7.09. The van der Waals surface area contributed by atoms with Gasteiger partial charge in [-0.3, -0.25) is 0 Å². The smallest absolute Gasteiger partial charge is 0.122 e. The van der Waals surface area contributed by atoms with Crippen molar-refractivity contribution < 1.29 is 4.74 Å². The van der Waals surface area contributed by atoms with Gasteiger partial charge in [0, 0.05) is 6.54 Å². The van der Waals surface area contributed by atoms with E-state index in [9.17, 15) is 0 Å². The van der Waals surface area contributed by atoms with Gasteiger partial charge >= 0.3 is 0 Å². The van der Waals surface area contributed by atoms with Crippen LogP contribution in [0.15, 0.2) is 24.3 Å². The lowest BCUT2D eigenvalue weighted by Crippen LogP contribution is -2.19. The van der Waals surface area contributed by atoms with Crippen LogP contribution in [0.1, 0.15) is 38.2 Å². The first-order valence-electron chi connectivity index (χ1n) is 7.09. The van der Waals surface area contributed by atoms with Gasteiger partial charge in [0.25, 0.3) is 0 Å². The Morgan fingerprint density at radius 3 is 2.56 bits per heavy atom. The van der Waals surface area contributed by atoms with Crippen LogP contribution in [0.4, 0.5) is 0 Å². The summed E-state index contributed by atoms with van der Waals surface area (Å²) in [6.07, 6.45) is 6.35. The summed E-state index contributed by atoms with van der Waals surface area (Å²) in [4.78, 5) is 2.14. The van der Waals surface area contributed by atoms with Gasteiger partial charge in [-0.05, 0) is 38.6 Å². The molecule has 0 heterocycles. The van der Waals surface area contributed by atoms with Crippen molar-refractivity contribution in [3.63, 3.8) is 0 Å². The molecular formula is C16H27NO. The Morgan fingerprint density at radius 2 is 1.83 bits per heavy atom. The fourth-order valence-corrected chi connectivity index (χ4v) is 1.93. The zero-order valence-corrected chi connectivity index (χ0v) is 12.1. The molecule has 0 spiro atoms. The van der Waals surface area contributed by atoms with Crippen molar-refractivity contribution in [3.8, 4) is 5.75 Å². The zero-order chi connectivity index (χ0) is 13.2. The minimum absolute atomic E-state index is 0.763. The quantitative estimate of drug-likeness (QED) is 0.618. The second-order valence-corrected chi connectivity index (χ2v) is 5.07. The van der Waals surface area contributed by atoms with Gasteiger partial charge < -0.3 is 9.64 Å². The average Bonchev–Trinajstić information content (AvgIpc) is 2.36. The summed E-state index contributed by atoms with van der Waals surface area (Å²) in [5, 5.41) is 0. The van der Waals surface area contributed by atoms with Crippen LogP contribution in [0, 0.1) is 0 Å². The van der Waals surface area contributed by atoms with Crippen LogP contribution in [-0.4, -0.2) is 32.1 Å². The number of para-hydroxylation sites is 1. The lowest BCUT2D eigenvalue weighted by atomic mass is 10.1. The number of aryl methyl sites for hydroxylation is 1. The minimum Gasteiger partial charge on any atom is -0.492 e. The maximum atomic E-state index is 5.86. The molecule has 2 heteroatoms. The summed E-state index contributed by atoms with van der Waals surface area (Å²) < 4.78 is 5.86. The Balaban J connectivity index is 2.40. The molecule has 0 aliphatic rings. The SMILES string of the molecule is CCCCCCc1ccccc1OCCN(C)C. The Labute approximate surface area is 112 Å². The van der Waals surface area contributed by atoms with E-state index < -0.39 is 0 Å². The van der Waals surface area contributed by atoms with E-state index in [1.807, 2.05) is 0 Å². The van der Waals surface area contributed by atoms with E-state index in [-0.39, 0.29) is 0 Å². The number of benzene rings is 1. The van der Waals surface area contributed by atoms with Crippen molar-refractivity contribution in [2.24, 2.45) is 0 Å². The number of nitrogens with zero attached hydrogens (tertiary/aromatic N) is 1. The van der Waals surface area contributed by atoms with Crippen molar-refractivity contribution in [3.05, 3.63) is 29.8 Å². The first kappa shape index (κ1) is 15.0. The molecule has 0 aliphatic heterocycles. The molecule has 0 saturated carbocycles. The van der Waals surface area contributed by atoms with E-state index >= 15 is 0 Å². The third kappa shape index (κ3) is 6.06. The van der Waals surface area contributed by atoms with Gasteiger partial charge in [0.15, 0.2) is 0 Å². The Morgan fingerprint density at radius 1 is 1.06 bits per heavy atom. The van der Waals surface area contributed by atoms with Crippen LogP contribution in [-0.2, 0) is 6.42 Å². The van der Waals surface area contributed by atoms with Crippen LogP contribution in [0.5, 0.6) is 5.75 Å².